The van der Waals surface area contributed by atoms with E-state index in [-0.39, 0.29) is 30.2 Å². The van der Waals surface area contributed by atoms with Crippen LogP contribution in [-0.4, -0.2) is 28.8 Å². The molecule has 7 nitrogen and oxygen atoms in total. The Labute approximate surface area is 236 Å². The maximum Gasteiger partial charge on any atom is 0.233 e. The number of ether oxygens (including phenoxy) is 1. The maximum atomic E-state index is 13.7. The third-order valence-corrected chi connectivity index (χ3v) is 7.89. The van der Waals surface area contributed by atoms with Crippen molar-refractivity contribution in [2.75, 3.05) is 7.11 Å². The van der Waals surface area contributed by atoms with E-state index < -0.39 is 5.41 Å². The van der Waals surface area contributed by atoms with Crippen molar-refractivity contribution >= 4 is 22.5 Å². The number of rotatable bonds is 9. The minimum absolute atomic E-state index is 0.0683. The van der Waals surface area contributed by atoms with Crippen molar-refractivity contribution in [3.8, 4) is 28.2 Å². The number of carbonyl (C=O) groups is 2. The summed E-state index contributed by atoms with van der Waals surface area (Å²) in [5.74, 6) is 1.46. The number of ketones is 2. The number of aromatic nitrogens is 2. The zero-order chi connectivity index (χ0) is 28.9. The number of hydrogen-bond donors (Lipinski definition) is 0. The molecule has 0 amide bonds. The zero-order valence-electron chi connectivity index (χ0n) is 23.3. The Kier molecular flexibility index (Phi) is 6.56. The van der Waals surface area contributed by atoms with Crippen LogP contribution in [0.25, 0.3) is 33.4 Å². The Morgan fingerprint density at radius 1 is 1.00 bits per heavy atom. The summed E-state index contributed by atoms with van der Waals surface area (Å²) in [4.78, 5) is 31.2. The van der Waals surface area contributed by atoms with E-state index in [1.54, 1.807) is 33.1 Å². The topological polar surface area (TPSA) is 95.4 Å². The molecule has 0 unspecified atom stereocenters. The molecule has 0 bridgehead atoms. The molecule has 2 heterocycles. The van der Waals surface area contributed by atoms with Crippen LogP contribution in [0.1, 0.15) is 70.6 Å². The number of furan rings is 1. The van der Waals surface area contributed by atoms with Gasteiger partial charge < -0.3 is 13.7 Å². The fourth-order valence-corrected chi connectivity index (χ4v) is 5.43. The minimum atomic E-state index is -0.434. The third-order valence-electron chi connectivity index (χ3n) is 7.89. The normalized spacial score (nSPS) is 13.9. The van der Waals surface area contributed by atoms with Gasteiger partial charge in [-0.2, -0.15) is 4.98 Å². The molecule has 8 heteroatoms. The first kappa shape index (κ1) is 26.6. The van der Waals surface area contributed by atoms with Gasteiger partial charge in [0, 0.05) is 23.8 Å². The van der Waals surface area contributed by atoms with Crippen molar-refractivity contribution in [2.24, 2.45) is 0 Å². The number of hydrogen-bond acceptors (Lipinski definition) is 7. The number of methoxy groups -OCH3 is 1. The summed E-state index contributed by atoms with van der Waals surface area (Å²) in [6.07, 6.45) is 2.14. The predicted molar refractivity (Wildman–Crippen MR) is 152 cm³/mol. The first-order valence-corrected chi connectivity index (χ1v) is 13.6. The fourth-order valence-electron chi connectivity index (χ4n) is 5.43. The van der Waals surface area contributed by atoms with Crippen molar-refractivity contribution in [1.29, 1.82) is 0 Å². The van der Waals surface area contributed by atoms with E-state index in [0.717, 1.165) is 29.5 Å². The van der Waals surface area contributed by atoms with E-state index in [1.165, 1.54) is 12.1 Å². The van der Waals surface area contributed by atoms with Crippen LogP contribution in [0.2, 0.25) is 0 Å². The highest BCUT2D eigenvalue weighted by molar-refractivity contribution is 6.13. The minimum Gasteiger partial charge on any atom is -0.496 e. The number of halogens is 1. The molecule has 1 fully saturated rings. The average molecular weight is 553 g/mol. The van der Waals surface area contributed by atoms with E-state index in [0.29, 0.717) is 50.9 Å². The van der Waals surface area contributed by atoms with Gasteiger partial charge in [-0.1, -0.05) is 18.1 Å². The molecule has 0 radical (unpaired) electrons. The lowest BCUT2D eigenvalue weighted by Crippen LogP contribution is -2.15. The Morgan fingerprint density at radius 3 is 2.37 bits per heavy atom. The highest BCUT2D eigenvalue weighted by Crippen LogP contribution is 2.51. The standard InChI is InChI=1S/C33H29FN2O5/c1-5-26(37)30-25-15-21(8-11-28(25)40-31(30)20-6-9-22(34)10-7-20)23-16-24(29(39-4)14-18(23)2)27(38)17-33(12-13-33)32-35-19(3)36-41-32/h6-11,14-16H,5,12-13,17H2,1-4H3. The second-order valence-corrected chi connectivity index (χ2v) is 10.7. The predicted octanol–water partition coefficient (Wildman–Crippen LogP) is 7.81. The second kappa shape index (κ2) is 10.1. The van der Waals surface area contributed by atoms with Crippen LogP contribution < -0.4 is 4.74 Å². The lowest BCUT2D eigenvalue weighted by atomic mass is 9.90. The monoisotopic (exact) mass is 552 g/mol. The van der Waals surface area contributed by atoms with Crippen LogP contribution in [0.4, 0.5) is 4.39 Å². The number of fused-ring (bicyclic) bond motifs is 1. The summed E-state index contributed by atoms with van der Waals surface area (Å²) in [6, 6.07) is 15.3. The number of Topliss-reactive ketones (excluding diaryl/α,β-unsaturated/α-hetero) is 2. The van der Waals surface area contributed by atoms with Crippen LogP contribution in [0.15, 0.2) is 63.5 Å². The molecule has 6 rings (SSSR count). The van der Waals surface area contributed by atoms with Crippen molar-refractivity contribution < 1.29 is 27.7 Å². The van der Waals surface area contributed by atoms with Crippen molar-refractivity contribution in [3.63, 3.8) is 0 Å². The molecular weight excluding hydrogens is 523 g/mol. The summed E-state index contributed by atoms with van der Waals surface area (Å²) in [7, 11) is 1.55. The molecule has 1 aliphatic rings. The summed E-state index contributed by atoms with van der Waals surface area (Å²) < 4.78 is 30.8. The largest absolute Gasteiger partial charge is 0.496 e. The molecule has 41 heavy (non-hydrogen) atoms. The van der Waals surface area contributed by atoms with Gasteiger partial charge >= 0.3 is 0 Å². The third kappa shape index (κ3) is 4.73. The molecule has 0 saturated heterocycles. The van der Waals surface area contributed by atoms with Gasteiger partial charge in [-0.25, -0.2) is 4.39 Å². The molecule has 0 N–H and O–H groups in total. The quantitative estimate of drug-likeness (QED) is 0.172. The van der Waals surface area contributed by atoms with Crippen molar-refractivity contribution in [3.05, 3.63) is 88.8 Å². The highest BCUT2D eigenvalue weighted by atomic mass is 19.1. The van der Waals surface area contributed by atoms with Gasteiger partial charge in [0.15, 0.2) is 17.4 Å². The van der Waals surface area contributed by atoms with E-state index >= 15 is 0 Å². The van der Waals surface area contributed by atoms with Gasteiger partial charge in [0.25, 0.3) is 0 Å². The first-order chi connectivity index (χ1) is 19.7. The van der Waals surface area contributed by atoms with E-state index in [2.05, 4.69) is 10.1 Å². The number of benzene rings is 3. The van der Waals surface area contributed by atoms with Crippen LogP contribution in [0.3, 0.4) is 0 Å². The lowest BCUT2D eigenvalue weighted by molar-refractivity contribution is 0.0958. The SMILES string of the molecule is CCC(=O)c1c(-c2ccc(F)cc2)oc2ccc(-c3cc(C(=O)CC4(c5nc(C)no5)CC4)c(OC)cc3C)cc12. The van der Waals surface area contributed by atoms with Crippen molar-refractivity contribution in [1.82, 2.24) is 10.1 Å². The molecule has 0 spiro atoms. The highest BCUT2D eigenvalue weighted by Gasteiger charge is 2.51. The van der Waals surface area contributed by atoms with Gasteiger partial charge in [0.2, 0.25) is 5.89 Å². The molecule has 1 saturated carbocycles. The molecule has 208 valence electrons. The molecule has 0 atom stereocenters. The number of carbonyl (C=O) groups excluding carboxylic acids is 2. The Balaban J connectivity index is 1.43. The van der Waals surface area contributed by atoms with Gasteiger partial charge in [0.1, 0.15) is 22.9 Å². The molecule has 1 aliphatic carbocycles. The molecule has 2 aromatic heterocycles. The summed E-state index contributed by atoms with van der Waals surface area (Å²) in [6.45, 7) is 5.52. The summed E-state index contributed by atoms with van der Waals surface area (Å²) >= 11 is 0. The molecule has 3 aromatic carbocycles. The molecule has 5 aromatic rings. The van der Waals surface area contributed by atoms with Gasteiger partial charge in [-0.05, 0) is 91.9 Å². The Bertz CT molecular complexity index is 1810. The van der Waals surface area contributed by atoms with E-state index in [9.17, 15) is 14.0 Å². The Hall–Kier alpha value is -4.59. The van der Waals surface area contributed by atoms with Crippen LogP contribution >= 0.6 is 0 Å². The summed E-state index contributed by atoms with van der Waals surface area (Å²) in [5, 5.41) is 4.57. The van der Waals surface area contributed by atoms with Gasteiger partial charge in [-0.15, -0.1) is 0 Å². The van der Waals surface area contributed by atoms with Gasteiger partial charge in [-0.3, -0.25) is 9.59 Å². The maximum absolute atomic E-state index is 13.7. The smallest absolute Gasteiger partial charge is 0.233 e. The lowest BCUT2D eigenvalue weighted by Gasteiger charge is -2.15. The summed E-state index contributed by atoms with van der Waals surface area (Å²) in [5.41, 5.74) is 4.26. The van der Waals surface area contributed by atoms with Crippen LogP contribution in [-0.2, 0) is 5.41 Å². The van der Waals surface area contributed by atoms with Crippen LogP contribution in [0.5, 0.6) is 5.75 Å². The number of aryl methyl sites for hydroxylation is 2. The molecule has 0 aliphatic heterocycles. The Morgan fingerprint density at radius 2 is 1.73 bits per heavy atom. The fraction of sp³-hybridized carbons (Fsp3) is 0.273. The second-order valence-electron chi connectivity index (χ2n) is 10.7. The van der Waals surface area contributed by atoms with E-state index in [4.69, 9.17) is 13.7 Å². The molecular formula is C33H29FN2O5. The van der Waals surface area contributed by atoms with Crippen molar-refractivity contribution in [2.45, 2.75) is 51.9 Å². The average Bonchev–Trinajstić information content (AvgIpc) is 3.44. The zero-order valence-corrected chi connectivity index (χ0v) is 23.3. The van der Waals surface area contributed by atoms with Crippen LogP contribution in [0, 0.1) is 19.7 Å². The number of nitrogens with zero attached hydrogens (tertiary/aromatic N) is 2. The van der Waals surface area contributed by atoms with E-state index in [1.807, 2.05) is 37.3 Å². The first-order valence-electron chi connectivity index (χ1n) is 13.6. The van der Waals surface area contributed by atoms with Gasteiger partial charge in [0.05, 0.1) is 23.7 Å².